The second-order valence-corrected chi connectivity index (χ2v) is 6.95. The summed E-state index contributed by atoms with van der Waals surface area (Å²) >= 11 is 0. The Morgan fingerprint density at radius 1 is 1.45 bits per heavy atom. The molecule has 33 heavy (non-hydrogen) atoms. The largest absolute Gasteiger partial charge is 0.494 e. The summed E-state index contributed by atoms with van der Waals surface area (Å²) in [4.78, 5) is 17.6. The molecule has 0 saturated carbocycles. The number of rotatable bonds is 9. The summed E-state index contributed by atoms with van der Waals surface area (Å²) in [6.07, 6.45) is 0.317. The maximum atomic E-state index is 13.9. The molecule has 0 fully saturated rings. The number of aryl methyl sites for hydroxylation is 1. The third-order valence-corrected chi connectivity index (χ3v) is 4.54. The minimum Gasteiger partial charge on any atom is -0.494 e. The number of benzene rings is 2. The normalized spacial score (nSPS) is 18.8. The van der Waals surface area contributed by atoms with Crippen molar-refractivity contribution in [3.8, 4) is 11.8 Å². The average molecular weight is 459 g/mol. The fourth-order valence-corrected chi connectivity index (χ4v) is 3.04. The lowest BCUT2D eigenvalue weighted by Gasteiger charge is -2.15. The van der Waals surface area contributed by atoms with Crippen LogP contribution in [0.2, 0.25) is 0 Å². The van der Waals surface area contributed by atoms with Gasteiger partial charge in [0.05, 0.1) is 28.8 Å². The van der Waals surface area contributed by atoms with E-state index in [0.717, 1.165) is 13.1 Å². The Balaban J connectivity index is 2.23. The van der Waals surface area contributed by atoms with Crippen LogP contribution in [0.15, 0.2) is 48.6 Å². The number of pyridine rings is 1. The van der Waals surface area contributed by atoms with Gasteiger partial charge in [0.25, 0.3) is 0 Å². The van der Waals surface area contributed by atoms with E-state index < -0.39 is 62.8 Å². The molecule has 170 valence electrons. The second kappa shape index (κ2) is 10.7. The van der Waals surface area contributed by atoms with Crippen molar-refractivity contribution in [1.82, 2.24) is 9.88 Å². The Morgan fingerprint density at radius 2 is 2.30 bits per heavy atom. The highest BCUT2D eigenvalue weighted by molar-refractivity contribution is 5.98. The lowest BCUT2D eigenvalue weighted by atomic mass is 10.0. The first kappa shape index (κ1) is 12.5. The van der Waals surface area contributed by atoms with E-state index in [-0.39, 0.29) is 38.2 Å². The number of hydrogen-bond acceptors (Lipinski definition) is 6. The first-order valence-corrected chi connectivity index (χ1v) is 9.54. The van der Waals surface area contributed by atoms with Crippen LogP contribution in [0.25, 0.3) is 10.9 Å². The number of anilines is 2. The lowest BCUT2D eigenvalue weighted by molar-refractivity contribution is -0.114. The van der Waals surface area contributed by atoms with Crippen LogP contribution in [0.3, 0.4) is 0 Å². The van der Waals surface area contributed by atoms with Crippen molar-refractivity contribution in [2.45, 2.75) is 20.2 Å². The van der Waals surface area contributed by atoms with Crippen molar-refractivity contribution in [1.29, 1.82) is 5.26 Å². The maximum absolute atomic E-state index is 13.9. The summed E-state index contributed by atoms with van der Waals surface area (Å²) in [5.74, 6) is -2.18. The number of carbonyl (C=O) groups excluding carboxylic acids is 1. The molecule has 0 spiro atoms. The third-order valence-electron chi connectivity index (χ3n) is 4.54. The van der Waals surface area contributed by atoms with Crippen LogP contribution in [0.4, 0.5) is 15.8 Å². The topological polar surface area (TPSA) is 78.2 Å². The molecule has 0 aliphatic heterocycles. The number of halogens is 1. The van der Waals surface area contributed by atoms with Crippen LogP contribution < -0.4 is 10.1 Å². The molecule has 1 N–H and O–H groups in total. The van der Waals surface area contributed by atoms with Crippen molar-refractivity contribution in [3.05, 3.63) is 71.1 Å². The molecule has 1 heterocycles. The van der Waals surface area contributed by atoms with Gasteiger partial charge in [0.15, 0.2) is 5.78 Å². The van der Waals surface area contributed by atoms with Crippen molar-refractivity contribution in [3.63, 3.8) is 0 Å². The molecule has 7 heteroatoms. The number of nitriles is 1. The zero-order chi connectivity index (χ0) is 34.3. The van der Waals surface area contributed by atoms with Crippen LogP contribution in [0.5, 0.6) is 5.75 Å². The summed E-state index contributed by atoms with van der Waals surface area (Å²) in [6.45, 7) is -11.1. The number of fused-ring (bicyclic) bond motifs is 1. The summed E-state index contributed by atoms with van der Waals surface area (Å²) in [6, 6.07) is 5.88. The predicted molar refractivity (Wildman–Crippen MR) is 128 cm³/mol. The quantitative estimate of drug-likeness (QED) is 0.458. The molecule has 1 aromatic heterocycles. The van der Waals surface area contributed by atoms with Crippen LogP contribution in [-0.4, -0.2) is 42.7 Å². The first-order chi connectivity index (χ1) is 20.5. The molecule has 0 aliphatic carbocycles. The van der Waals surface area contributed by atoms with Gasteiger partial charge in [-0.05, 0) is 63.7 Å². The number of ether oxygens (including phenoxy) is 1. The van der Waals surface area contributed by atoms with Crippen molar-refractivity contribution in [2.24, 2.45) is 0 Å². The molecule has 0 unspecified atom stereocenters. The number of likely N-dealkylation sites (N-methyl/N-ethyl adjacent to an activating group) is 1. The SMILES string of the molecule is [2H]/C(C(=O)Cc1cc2c(Nc3ccc(F)c(C)c3)c(C#N)cnc2cc1OC([2H])([2H])C([2H])([2H])[2H])=C(/[2H])C([2H])([2H])N(C)C([2H])([2H])[2H]. The number of nitrogens with zero attached hydrogens (tertiary/aromatic N) is 3. The van der Waals surface area contributed by atoms with E-state index in [2.05, 4.69) is 10.3 Å². The maximum Gasteiger partial charge on any atom is 0.159 e. The van der Waals surface area contributed by atoms with E-state index in [1.807, 2.05) is 6.07 Å². The van der Waals surface area contributed by atoms with Crippen molar-refractivity contribution < 1.29 is 30.4 Å². The van der Waals surface area contributed by atoms with E-state index in [1.165, 1.54) is 37.4 Å². The highest BCUT2D eigenvalue weighted by atomic mass is 19.1. The molecule has 0 saturated heterocycles. The van der Waals surface area contributed by atoms with Gasteiger partial charge in [-0.15, -0.1) is 0 Å². The van der Waals surface area contributed by atoms with Gasteiger partial charge in [-0.2, -0.15) is 5.26 Å². The standard InChI is InChI=1S/C26H27FN4O2/c1-5-33-25-14-24-22(13-18(25)12-21(32)7-6-10-31(3)4)26(19(15-28)16-29-24)30-20-8-9-23(27)17(2)11-20/h6-9,11,13-14,16H,5,10,12H2,1-4H3,(H,29,30)/b7-6+/i1D3,3D3,5D2,6D,7D,10D2. The molecule has 2 aromatic carbocycles. The zero-order valence-corrected chi connectivity index (χ0v) is 17.7. The molecule has 6 nitrogen and oxygen atoms in total. The van der Waals surface area contributed by atoms with Crippen molar-refractivity contribution in [2.75, 3.05) is 32.4 Å². The van der Waals surface area contributed by atoms with Crippen LogP contribution >= 0.6 is 0 Å². The fourth-order valence-electron chi connectivity index (χ4n) is 3.04. The van der Waals surface area contributed by atoms with Gasteiger partial charge in [-0.3, -0.25) is 9.78 Å². The number of aromatic nitrogens is 1. The molecular weight excluding hydrogens is 419 g/mol. The number of ketones is 1. The van der Waals surface area contributed by atoms with E-state index in [4.69, 9.17) is 21.2 Å². The monoisotopic (exact) mass is 458 g/mol. The average Bonchev–Trinajstić information content (AvgIpc) is 2.93. The van der Waals surface area contributed by atoms with Gasteiger partial charge in [0.1, 0.15) is 17.6 Å². The second-order valence-electron chi connectivity index (χ2n) is 6.95. The van der Waals surface area contributed by atoms with Gasteiger partial charge in [-0.1, -0.05) is 6.05 Å². The molecule has 3 aromatic rings. The number of hydrogen-bond donors (Lipinski definition) is 1. The minimum atomic E-state index is -3.29. The summed E-state index contributed by atoms with van der Waals surface area (Å²) in [7, 11) is 0.850. The van der Waals surface area contributed by atoms with Gasteiger partial charge >= 0.3 is 0 Å². The smallest absolute Gasteiger partial charge is 0.159 e. The Morgan fingerprint density at radius 3 is 3.03 bits per heavy atom. The van der Waals surface area contributed by atoms with Gasteiger partial charge in [0, 0.05) is 52.8 Å². The van der Waals surface area contributed by atoms with E-state index >= 15 is 0 Å². The van der Waals surface area contributed by atoms with E-state index in [9.17, 15) is 14.4 Å². The molecular formula is C26H27FN4O2. The van der Waals surface area contributed by atoms with E-state index in [1.54, 1.807) is 0 Å². The number of allylic oxidation sites excluding steroid dienone is 1. The highest BCUT2D eigenvalue weighted by Crippen LogP contribution is 2.34. The van der Waals surface area contributed by atoms with Gasteiger partial charge in [-0.25, -0.2) is 4.39 Å². The minimum absolute atomic E-state index is 0.00339. The number of nitrogens with one attached hydrogen (secondary N) is 1. The molecule has 0 atom stereocenters. The first-order valence-electron chi connectivity index (χ1n) is 15.5. The zero-order valence-electron chi connectivity index (χ0n) is 29.7. The van der Waals surface area contributed by atoms with Gasteiger partial charge in [0.2, 0.25) is 0 Å². The highest BCUT2D eigenvalue weighted by Gasteiger charge is 2.16. The molecule has 0 bridgehead atoms. The van der Waals surface area contributed by atoms with Gasteiger partial charge < -0.3 is 15.0 Å². The van der Waals surface area contributed by atoms with E-state index in [0.29, 0.717) is 5.69 Å². The Kier molecular flexibility index (Phi) is 4.05. The lowest BCUT2D eigenvalue weighted by Crippen LogP contribution is -2.11. The molecule has 0 radical (unpaired) electrons. The summed E-state index contributed by atoms with van der Waals surface area (Å²) < 4.78 is 112. The number of carbonyl (C=O) groups is 1. The van der Waals surface area contributed by atoms with Crippen LogP contribution in [0.1, 0.15) is 40.0 Å². The summed E-state index contributed by atoms with van der Waals surface area (Å²) in [5.41, 5.74) is 0.621. The Bertz CT molecular complexity index is 1720. The third kappa shape index (κ3) is 5.93. The fraction of sp³-hybridized carbons (Fsp3) is 0.269. The van der Waals surface area contributed by atoms with Crippen LogP contribution in [0, 0.1) is 24.1 Å². The Hall–Kier alpha value is -3.76. The molecule has 0 amide bonds. The summed E-state index contributed by atoms with van der Waals surface area (Å²) in [5, 5.41) is 12.9. The molecule has 0 aliphatic rings. The van der Waals surface area contributed by atoms with Crippen LogP contribution in [-0.2, 0) is 11.2 Å². The molecule has 3 rings (SSSR count). The van der Waals surface area contributed by atoms with Crippen molar-refractivity contribution >= 4 is 28.1 Å². The Labute approximate surface area is 210 Å². The predicted octanol–water partition coefficient (Wildman–Crippen LogP) is 4.93.